The monoisotopic (exact) mass is 410 g/mol. The molecule has 0 amide bonds. The average molecular weight is 410 g/mol. The van der Waals surface area contributed by atoms with E-state index in [9.17, 15) is 22.0 Å². The van der Waals surface area contributed by atoms with Gasteiger partial charge in [-0.1, -0.05) is 12.1 Å². The maximum Gasteiger partial charge on any atom is 0.337 e. The fraction of sp³-hybridized carbons (Fsp3) is 0.316. The Morgan fingerprint density at radius 3 is 2.29 bits per heavy atom. The average Bonchev–Trinajstić information content (AvgIpc) is 2.70. The molecular formula is C19H20F2N2O4S. The van der Waals surface area contributed by atoms with Crippen molar-refractivity contribution in [3.05, 3.63) is 65.2 Å². The molecule has 0 bridgehead atoms. The molecule has 6 nitrogen and oxygen atoms in total. The van der Waals surface area contributed by atoms with Crippen molar-refractivity contribution in [1.29, 1.82) is 0 Å². The number of esters is 1. The van der Waals surface area contributed by atoms with Crippen molar-refractivity contribution in [2.24, 2.45) is 0 Å². The van der Waals surface area contributed by atoms with E-state index in [1.807, 2.05) is 12.1 Å². The van der Waals surface area contributed by atoms with Gasteiger partial charge >= 0.3 is 5.97 Å². The van der Waals surface area contributed by atoms with Gasteiger partial charge in [-0.3, -0.25) is 4.90 Å². The van der Waals surface area contributed by atoms with Crippen molar-refractivity contribution in [2.45, 2.75) is 11.4 Å². The number of carbonyl (C=O) groups is 1. The molecule has 28 heavy (non-hydrogen) atoms. The molecule has 3 rings (SSSR count). The first-order valence-corrected chi connectivity index (χ1v) is 10.1. The van der Waals surface area contributed by atoms with E-state index in [1.54, 1.807) is 12.1 Å². The molecule has 0 saturated carbocycles. The largest absolute Gasteiger partial charge is 0.465 e. The maximum absolute atomic E-state index is 13.9. The fourth-order valence-electron chi connectivity index (χ4n) is 3.06. The van der Waals surface area contributed by atoms with Crippen LogP contribution in [-0.4, -0.2) is 56.9 Å². The molecule has 0 radical (unpaired) electrons. The van der Waals surface area contributed by atoms with Crippen molar-refractivity contribution >= 4 is 16.0 Å². The summed E-state index contributed by atoms with van der Waals surface area (Å²) in [6.45, 7) is 1.85. The van der Waals surface area contributed by atoms with Crippen LogP contribution in [-0.2, 0) is 21.3 Å². The van der Waals surface area contributed by atoms with Gasteiger partial charge in [0.15, 0.2) is 0 Å². The normalized spacial score (nSPS) is 16.1. The first kappa shape index (κ1) is 20.4. The molecule has 0 N–H and O–H groups in total. The molecular weight excluding hydrogens is 390 g/mol. The number of methoxy groups -OCH3 is 1. The minimum absolute atomic E-state index is 0.179. The highest BCUT2D eigenvalue weighted by atomic mass is 32.2. The Morgan fingerprint density at radius 2 is 1.68 bits per heavy atom. The summed E-state index contributed by atoms with van der Waals surface area (Å²) in [6.07, 6.45) is 0. The maximum atomic E-state index is 13.9. The lowest BCUT2D eigenvalue weighted by Crippen LogP contribution is -2.48. The number of halogens is 2. The second-order valence-electron chi connectivity index (χ2n) is 6.44. The van der Waals surface area contributed by atoms with Crippen LogP contribution in [0, 0.1) is 11.6 Å². The number of nitrogens with zero attached hydrogens (tertiary/aromatic N) is 2. The van der Waals surface area contributed by atoms with Gasteiger partial charge < -0.3 is 4.74 Å². The van der Waals surface area contributed by atoms with E-state index in [4.69, 9.17) is 0 Å². The highest BCUT2D eigenvalue weighted by Gasteiger charge is 2.31. The molecule has 1 fully saturated rings. The summed E-state index contributed by atoms with van der Waals surface area (Å²) in [5.41, 5.74) is 1.43. The minimum atomic E-state index is -4.09. The number of benzene rings is 2. The van der Waals surface area contributed by atoms with Gasteiger partial charge in [0.25, 0.3) is 0 Å². The fourth-order valence-corrected chi connectivity index (χ4v) is 4.56. The van der Waals surface area contributed by atoms with Crippen molar-refractivity contribution < 1.29 is 26.7 Å². The smallest absolute Gasteiger partial charge is 0.337 e. The summed E-state index contributed by atoms with van der Waals surface area (Å²) in [6, 6.07) is 9.40. The Balaban J connectivity index is 1.62. The Labute approximate surface area is 162 Å². The number of rotatable bonds is 5. The van der Waals surface area contributed by atoms with Gasteiger partial charge in [0.1, 0.15) is 16.5 Å². The number of hydrogen-bond donors (Lipinski definition) is 0. The molecule has 1 heterocycles. The van der Waals surface area contributed by atoms with E-state index in [0.29, 0.717) is 31.3 Å². The Morgan fingerprint density at radius 1 is 1.04 bits per heavy atom. The second kappa shape index (κ2) is 8.34. The van der Waals surface area contributed by atoms with Crippen LogP contribution in [0.15, 0.2) is 47.4 Å². The lowest BCUT2D eigenvalue weighted by Gasteiger charge is -2.34. The number of carbonyl (C=O) groups excluding carboxylic acids is 1. The van der Waals surface area contributed by atoms with Crippen LogP contribution in [0.2, 0.25) is 0 Å². The Bertz CT molecular complexity index is 956. The van der Waals surface area contributed by atoms with E-state index in [2.05, 4.69) is 9.64 Å². The minimum Gasteiger partial charge on any atom is -0.465 e. The van der Waals surface area contributed by atoms with Gasteiger partial charge in [-0.15, -0.1) is 0 Å². The zero-order valence-electron chi connectivity index (χ0n) is 15.3. The Hall–Kier alpha value is -2.36. The number of ether oxygens (including phenoxy) is 1. The van der Waals surface area contributed by atoms with Gasteiger partial charge in [-0.2, -0.15) is 4.31 Å². The highest BCUT2D eigenvalue weighted by molar-refractivity contribution is 7.89. The summed E-state index contributed by atoms with van der Waals surface area (Å²) in [7, 11) is -2.77. The van der Waals surface area contributed by atoms with Crippen LogP contribution in [0.3, 0.4) is 0 Å². The van der Waals surface area contributed by atoms with E-state index >= 15 is 0 Å². The third kappa shape index (κ3) is 4.37. The van der Waals surface area contributed by atoms with Crippen molar-refractivity contribution in [3.8, 4) is 0 Å². The van der Waals surface area contributed by atoms with Gasteiger partial charge in [0, 0.05) is 32.7 Å². The molecule has 9 heteroatoms. The molecule has 0 unspecified atom stereocenters. The lowest BCUT2D eigenvalue weighted by molar-refractivity contribution is 0.0600. The standard InChI is InChI=1S/C19H20F2N2O4S/c1-27-19(24)15-4-2-14(3-5-15)13-22-8-10-23(11-9-22)28(25,26)18-12-16(20)6-7-17(18)21/h2-7,12H,8-11,13H2,1H3. The van der Waals surface area contributed by atoms with Crippen LogP contribution < -0.4 is 0 Å². The van der Waals surface area contributed by atoms with Crippen LogP contribution >= 0.6 is 0 Å². The van der Waals surface area contributed by atoms with Gasteiger partial charge in [-0.25, -0.2) is 22.0 Å². The van der Waals surface area contributed by atoms with E-state index in [-0.39, 0.29) is 13.1 Å². The SMILES string of the molecule is COC(=O)c1ccc(CN2CCN(S(=O)(=O)c3cc(F)ccc3F)CC2)cc1. The molecule has 0 spiro atoms. The first-order chi connectivity index (χ1) is 13.3. The molecule has 1 aliphatic heterocycles. The van der Waals surface area contributed by atoms with Crippen molar-refractivity contribution in [3.63, 3.8) is 0 Å². The summed E-state index contributed by atoms with van der Waals surface area (Å²) in [5, 5.41) is 0. The lowest BCUT2D eigenvalue weighted by atomic mass is 10.1. The highest BCUT2D eigenvalue weighted by Crippen LogP contribution is 2.22. The molecule has 2 aromatic carbocycles. The third-order valence-corrected chi connectivity index (χ3v) is 6.54. The summed E-state index contributed by atoms with van der Waals surface area (Å²) in [5.74, 6) is -2.17. The third-order valence-electron chi connectivity index (χ3n) is 4.62. The molecule has 2 aromatic rings. The second-order valence-corrected chi connectivity index (χ2v) is 8.35. The van der Waals surface area contributed by atoms with E-state index in [0.717, 1.165) is 17.7 Å². The molecule has 0 aromatic heterocycles. The van der Waals surface area contributed by atoms with E-state index in [1.165, 1.54) is 11.4 Å². The van der Waals surface area contributed by atoms with Gasteiger partial charge in [-0.05, 0) is 35.9 Å². The zero-order chi connectivity index (χ0) is 20.3. The van der Waals surface area contributed by atoms with Crippen molar-refractivity contribution in [1.82, 2.24) is 9.21 Å². The Kier molecular flexibility index (Phi) is 6.07. The zero-order valence-corrected chi connectivity index (χ0v) is 16.1. The predicted octanol–water partition coefficient (Wildman–Crippen LogP) is 2.26. The molecule has 150 valence electrons. The van der Waals surface area contributed by atoms with Gasteiger partial charge in [0.05, 0.1) is 12.7 Å². The molecule has 0 atom stereocenters. The van der Waals surface area contributed by atoms with Crippen LogP contribution in [0.5, 0.6) is 0 Å². The summed E-state index contributed by atoms with van der Waals surface area (Å²) < 4.78 is 58.3. The van der Waals surface area contributed by atoms with Crippen LogP contribution in [0.1, 0.15) is 15.9 Å². The summed E-state index contributed by atoms with van der Waals surface area (Å²) >= 11 is 0. The van der Waals surface area contributed by atoms with Crippen LogP contribution in [0.4, 0.5) is 8.78 Å². The topological polar surface area (TPSA) is 66.9 Å². The molecule has 0 aliphatic carbocycles. The number of sulfonamides is 1. The predicted molar refractivity (Wildman–Crippen MR) is 98.2 cm³/mol. The van der Waals surface area contributed by atoms with Gasteiger partial charge in [0.2, 0.25) is 10.0 Å². The van der Waals surface area contributed by atoms with Crippen molar-refractivity contribution in [2.75, 3.05) is 33.3 Å². The molecule has 1 saturated heterocycles. The number of piperazine rings is 1. The molecule has 1 aliphatic rings. The quantitative estimate of drug-likeness (QED) is 0.708. The first-order valence-electron chi connectivity index (χ1n) is 8.66. The number of hydrogen-bond acceptors (Lipinski definition) is 5. The summed E-state index contributed by atoms with van der Waals surface area (Å²) in [4.78, 5) is 12.9. The van der Waals surface area contributed by atoms with Crippen LogP contribution in [0.25, 0.3) is 0 Å². The van der Waals surface area contributed by atoms with E-state index < -0.39 is 32.5 Å².